The maximum atomic E-state index is 9.08. The summed E-state index contributed by atoms with van der Waals surface area (Å²) in [5, 5.41) is 12.4. The van der Waals surface area contributed by atoms with Crippen LogP contribution >= 0.6 is 11.8 Å². The summed E-state index contributed by atoms with van der Waals surface area (Å²) in [4.78, 5) is 0. The molecule has 0 saturated heterocycles. The summed E-state index contributed by atoms with van der Waals surface area (Å²) in [5.41, 5.74) is 2.02. The van der Waals surface area contributed by atoms with Gasteiger partial charge in [-0.3, -0.25) is 0 Å². The van der Waals surface area contributed by atoms with Crippen LogP contribution in [0.4, 0.5) is 5.69 Å². The van der Waals surface area contributed by atoms with Gasteiger partial charge in [0.1, 0.15) is 0 Å². The average Bonchev–Trinajstić information content (AvgIpc) is 2.25. The molecule has 0 aliphatic rings. The molecule has 0 aliphatic heterocycles. The van der Waals surface area contributed by atoms with Crippen LogP contribution in [-0.4, -0.2) is 23.7 Å². The van der Waals surface area contributed by atoms with Crippen LogP contribution in [0, 0.1) is 0 Å². The zero-order valence-corrected chi connectivity index (χ0v) is 9.31. The number of anilines is 1. The van der Waals surface area contributed by atoms with Crippen molar-refractivity contribution < 1.29 is 5.11 Å². The van der Waals surface area contributed by atoms with Crippen molar-refractivity contribution in [3.05, 3.63) is 29.8 Å². The number of aliphatic hydroxyl groups excluding tert-OH is 1. The van der Waals surface area contributed by atoms with E-state index in [0.29, 0.717) is 0 Å². The van der Waals surface area contributed by atoms with Crippen LogP contribution in [0.25, 0.3) is 0 Å². The van der Waals surface area contributed by atoms with Crippen molar-refractivity contribution >= 4 is 17.4 Å². The van der Waals surface area contributed by atoms with Gasteiger partial charge in [0.2, 0.25) is 0 Å². The Kier molecular flexibility index (Phi) is 5.49. The third-order valence-electron chi connectivity index (χ3n) is 2.03. The maximum Gasteiger partial charge on any atom is 0.0701 e. The van der Waals surface area contributed by atoms with Crippen molar-refractivity contribution in [1.82, 2.24) is 0 Å². The number of thioether (sulfide) groups is 1. The number of aliphatic hydroxyl groups is 1. The predicted octanol–water partition coefficient (Wildman–Crippen LogP) is 2.34. The molecule has 1 aromatic carbocycles. The largest absolute Gasteiger partial charge is 0.392 e. The molecule has 14 heavy (non-hydrogen) atoms. The normalized spacial score (nSPS) is 10.1. The van der Waals surface area contributed by atoms with Crippen molar-refractivity contribution in [3.8, 4) is 0 Å². The summed E-state index contributed by atoms with van der Waals surface area (Å²) in [7, 11) is 0. The lowest BCUT2D eigenvalue weighted by Crippen LogP contribution is -2.04. The lowest BCUT2D eigenvalue weighted by Gasteiger charge is -2.09. The molecule has 0 atom stereocenters. The fraction of sp³-hybridized carbons (Fsp3) is 0.455. The molecule has 0 bridgehead atoms. The van der Waals surface area contributed by atoms with E-state index >= 15 is 0 Å². The zero-order chi connectivity index (χ0) is 10.2. The van der Waals surface area contributed by atoms with Gasteiger partial charge in [0.05, 0.1) is 6.61 Å². The molecule has 78 valence electrons. The first-order valence-corrected chi connectivity index (χ1v) is 6.19. The summed E-state index contributed by atoms with van der Waals surface area (Å²) in [6.45, 7) is 1.07. The Morgan fingerprint density at radius 3 is 2.86 bits per heavy atom. The van der Waals surface area contributed by atoms with Gasteiger partial charge < -0.3 is 10.4 Å². The van der Waals surface area contributed by atoms with E-state index in [1.807, 2.05) is 36.0 Å². The van der Waals surface area contributed by atoms with Crippen LogP contribution < -0.4 is 5.32 Å². The Hall–Kier alpha value is -0.670. The highest BCUT2D eigenvalue weighted by Gasteiger charge is 1.98. The SMILES string of the molecule is CSCCCNc1ccccc1CO. The number of rotatable bonds is 6. The van der Waals surface area contributed by atoms with E-state index < -0.39 is 0 Å². The van der Waals surface area contributed by atoms with Gasteiger partial charge in [0.15, 0.2) is 0 Å². The minimum atomic E-state index is 0.103. The quantitative estimate of drug-likeness (QED) is 0.708. The van der Waals surface area contributed by atoms with Gasteiger partial charge in [0.25, 0.3) is 0 Å². The van der Waals surface area contributed by atoms with E-state index in [0.717, 1.165) is 24.2 Å². The summed E-state index contributed by atoms with van der Waals surface area (Å²) in [5.74, 6) is 1.17. The van der Waals surface area contributed by atoms with Crippen LogP contribution in [-0.2, 0) is 6.61 Å². The molecule has 1 rings (SSSR count). The standard InChI is InChI=1S/C11H17NOS/c1-14-8-4-7-12-11-6-3-2-5-10(11)9-13/h2-3,5-6,12-13H,4,7-9H2,1H3. The molecular weight excluding hydrogens is 194 g/mol. The predicted molar refractivity (Wildman–Crippen MR) is 63.9 cm³/mol. The monoisotopic (exact) mass is 211 g/mol. The first-order valence-electron chi connectivity index (χ1n) is 4.80. The summed E-state index contributed by atoms with van der Waals surface area (Å²) >= 11 is 1.86. The van der Waals surface area contributed by atoms with Crippen LogP contribution in [0.5, 0.6) is 0 Å². The van der Waals surface area contributed by atoms with Crippen LogP contribution in [0.1, 0.15) is 12.0 Å². The highest BCUT2D eigenvalue weighted by Crippen LogP contribution is 2.14. The molecule has 3 heteroatoms. The summed E-state index contributed by atoms with van der Waals surface area (Å²) < 4.78 is 0. The van der Waals surface area contributed by atoms with Gasteiger partial charge >= 0.3 is 0 Å². The Morgan fingerprint density at radius 2 is 2.14 bits per heavy atom. The molecule has 0 heterocycles. The molecular formula is C11H17NOS. The van der Waals surface area contributed by atoms with E-state index in [2.05, 4.69) is 11.6 Å². The Balaban J connectivity index is 2.41. The van der Waals surface area contributed by atoms with E-state index in [4.69, 9.17) is 5.11 Å². The molecule has 0 unspecified atom stereocenters. The Labute approximate surface area is 89.7 Å². The third kappa shape index (κ3) is 3.60. The molecule has 0 fully saturated rings. The van der Waals surface area contributed by atoms with E-state index in [1.54, 1.807) is 0 Å². The lowest BCUT2D eigenvalue weighted by atomic mass is 10.2. The molecule has 0 saturated carbocycles. The smallest absolute Gasteiger partial charge is 0.0701 e. The number of para-hydroxylation sites is 1. The van der Waals surface area contributed by atoms with Gasteiger partial charge in [-0.05, 0) is 24.5 Å². The van der Waals surface area contributed by atoms with E-state index in [9.17, 15) is 0 Å². The van der Waals surface area contributed by atoms with Crippen molar-refractivity contribution in [2.24, 2.45) is 0 Å². The summed E-state index contributed by atoms with van der Waals surface area (Å²) in [6.07, 6.45) is 3.27. The van der Waals surface area contributed by atoms with Crippen LogP contribution in [0.3, 0.4) is 0 Å². The topological polar surface area (TPSA) is 32.3 Å². The number of nitrogens with one attached hydrogen (secondary N) is 1. The van der Waals surface area contributed by atoms with Gasteiger partial charge in [-0.15, -0.1) is 0 Å². The van der Waals surface area contributed by atoms with Gasteiger partial charge in [0, 0.05) is 17.8 Å². The van der Waals surface area contributed by atoms with Crippen molar-refractivity contribution in [2.75, 3.05) is 23.9 Å². The van der Waals surface area contributed by atoms with E-state index in [1.165, 1.54) is 5.75 Å². The highest BCUT2D eigenvalue weighted by molar-refractivity contribution is 7.98. The minimum Gasteiger partial charge on any atom is -0.392 e. The molecule has 2 nitrogen and oxygen atoms in total. The average molecular weight is 211 g/mol. The first kappa shape index (κ1) is 11.4. The van der Waals surface area contributed by atoms with E-state index in [-0.39, 0.29) is 6.61 Å². The number of hydrogen-bond donors (Lipinski definition) is 2. The summed E-state index contributed by atoms with van der Waals surface area (Å²) in [6, 6.07) is 7.87. The van der Waals surface area contributed by atoms with Crippen LogP contribution in [0.15, 0.2) is 24.3 Å². The van der Waals surface area contributed by atoms with Gasteiger partial charge in [-0.1, -0.05) is 18.2 Å². The fourth-order valence-corrected chi connectivity index (χ4v) is 1.70. The number of hydrogen-bond acceptors (Lipinski definition) is 3. The van der Waals surface area contributed by atoms with Crippen molar-refractivity contribution in [2.45, 2.75) is 13.0 Å². The zero-order valence-electron chi connectivity index (χ0n) is 8.49. The fourth-order valence-electron chi connectivity index (χ4n) is 1.27. The second-order valence-electron chi connectivity index (χ2n) is 3.09. The second-order valence-corrected chi connectivity index (χ2v) is 4.07. The highest BCUT2D eigenvalue weighted by atomic mass is 32.2. The molecule has 1 aromatic rings. The molecule has 2 N–H and O–H groups in total. The molecule has 0 aromatic heterocycles. The third-order valence-corrected chi connectivity index (χ3v) is 2.73. The van der Waals surface area contributed by atoms with Crippen molar-refractivity contribution in [3.63, 3.8) is 0 Å². The van der Waals surface area contributed by atoms with Gasteiger partial charge in [-0.2, -0.15) is 11.8 Å². The first-order chi connectivity index (χ1) is 6.88. The lowest BCUT2D eigenvalue weighted by molar-refractivity contribution is 0.282. The molecule has 0 aliphatic carbocycles. The molecule has 0 radical (unpaired) electrons. The van der Waals surface area contributed by atoms with Gasteiger partial charge in [-0.25, -0.2) is 0 Å². The number of benzene rings is 1. The minimum absolute atomic E-state index is 0.103. The maximum absolute atomic E-state index is 9.08. The Bertz CT molecular complexity index is 265. The van der Waals surface area contributed by atoms with Crippen LogP contribution in [0.2, 0.25) is 0 Å². The van der Waals surface area contributed by atoms with Crippen molar-refractivity contribution in [1.29, 1.82) is 0 Å². The molecule has 0 spiro atoms. The second kappa shape index (κ2) is 6.74. The molecule has 0 amide bonds. The Morgan fingerprint density at radius 1 is 1.36 bits per heavy atom.